The summed E-state index contributed by atoms with van der Waals surface area (Å²) in [5.74, 6) is 0.864. The molecule has 0 aromatic heterocycles. The molecule has 0 saturated carbocycles. The van der Waals surface area contributed by atoms with Gasteiger partial charge >= 0.3 is 0 Å². The molecule has 0 radical (unpaired) electrons. The second-order valence-corrected chi connectivity index (χ2v) is 6.44. The fourth-order valence-electron chi connectivity index (χ4n) is 2.83. The van der Waals surface area contributed by atoms with Crippen LogP contribution >= 0.6 is 0 Å². The summed E-state index contributed by atoms with van der Waals surface area (Å²) in [6, 6.07) is 6.94. The van der Waals surface area contributed by atoms with E-state index in [0.717, 1.165) is 31.0 Å². The van der Waals surface area contributed by atoms with Gasteiger partial charge in [0.05, 0.1) is 0 Å². The van der Waals surface area contributed by atoms with E-state index in [1.54, 1.807) is 0 Å². The number of benzene rings is 1. The Morgan fingerprint density at radius 2 is 2.05 bits per heavy atom. The number of aryl methyl sites for hydroxylation is 1. The third-order valence-electron chi connectivity index (χ3n) is 4.10. The molecule has 0 spiro atoms. The Morgan fingerprint density at radius 1 is 1.24 bits per heavy atom. The molecule has 1 aromatic rings. The number of hydrogen-bond donors (Lipinski definition) is 2. The smallest absolute Gasteiger partial charge is 0.224 e. The van der Waals surface area contributed by atoms with Gasteiger partial charge in [0.2, 0.25) is 5.91 Å². The van der Waals surface area contributed by atoms with Gasteiger partial charge in [-0.1, -0.05) is 32.9 Å². The number of carbonyl (C=O) groups is 1. The summed E-state index contributed by atoms with van der Waals surface area (Å²) in [6.07, 6.45) is 5.02. The summed E-state index contributed by atoms with van der Waals surface area (Å²) < 4.78 is 0. The molecule has 1 heterocycles. The fraction of sp³-hybridized carbons (Fsp3) is 0.611. The number of carbonyl (C=O) groups excluding carboxylic acids is 1. The molecule has 0 fully saturated rings. The van der Waals surface area contributed by atoms with Gasteiger partial charge < -0.3 is 10.6 Å². The molecule has 3 nitrogen and oxygen atoms in total. The Balaban J connectivity index is 2.13. The lowest BCUT2D eigenvalue weighted by Crippen LogP contribution is -2.24. The van der Waals surface area contributed by atoms with E-state index in [4.69, 9.17) is 0 Å². The Kier molecular flexibility index (Phi) is 5.80. The van der Waals surface area contributed by atoms with Crippen molar-refractivity contribution in [1.82, 2.24) is 5.32 Å². The zero-order valence-corrected chi connectivity index (χ0v) is 13.5. The van der Waals surface area contributed by atoms with Gasteiger partial charge in [0, 0.05) is 18.2 Å². The van der Waals surface area contributed by atoms with Gasteiger partial charge in [0.1, 0.15) is 0 Å². The van der Waals surface area contributed by atoms with Crippen LogP contribution in [-0.4, -0.2) is 12.5 Å². The highest BCUT2D eigenvalue weighted by atomic mass is 16.1. The van der Waals surface area contributed by atoms with Crippen LogP contribution in [0.5, 0.6) is 0 Å². The average Bonchev–Trinajstić information content (AvgIpc) is 2.46. The minimum atomic E-state index is 0.135. The predicted molar refractivity (Wildman–Crippen MR) is 88.5 cm³/mol. The second kappa shape index (κ2) is 7.60. The quantitative estimate of drug-likeness (QED) is 0.794. The first-order valence-electron chi connectivity index (χ1n) is 8.26. The Morgan fingerprint density at radius 3 is 2.76 bits per heavy atom. The monoisotopic (exact) mass is 288 g/mol. The van der Waals surface area contributed by atoms with Crippen LogP contribution in [0.25, 0.3) is 0 Å². The van der Waals surface area contributed by atoms with Crippen LogP contribution in [0.3, 0.4) is 0 Å². The molecule has 0 saturated heterocycles. The van der Waals surface area contributed by atoms with Crippen molar-refractivity contribution in [2.75, 3.05) is 11.9 Å². The van der Waals surface area contributed by atoms with Crippen molar-refractivity contribution in [3.05, 3.63) is 29.3 Å². The summed E-state index contributed by atoms with van der Waals surface area (Å²) in [4.78, 5) is 11.4. The lowest BCUT2D eigenvalue weighted by atomic mass is 9.93. The summed E-state index contributed by atoms with van der Waals surface area (Å²) in [7, 11) is 0. The minimum absolute atomic E-state index is 0.135. The van der Waals surface area contributed by atoms with Crippen molar-refractivity contribution in [1.29, 1.82) is 0 Å². The number of rotatable bonds is 7. The molecule has 1 aromatic carbocycles. The van der Waals surface area contributed by atoms with Gasteiger partial charge in [-0.3, -0.25) is 4.79 Å². The topological polar surface area (TPSA) is 41.1 Å². The van der Waals surface area contributed by atoms with Gasteiger partial charge in [-0.05, 0) is 55.3 Å². The molecule has 1 aliphatic heterocycles. The maximum absolute atomic E-state index is 11.4. The summed E-state index contributed by atoms with van der Waals surface area (Å²) in [5.41, 5.74) is 3.63. The van der Waals surface area contributed by atoms with Crippen LogP contribution in [0.1, 0.15) is 63.6 Å². The molecule has 2 N–H and O–H groups in total. The van der Waals surface area contributed by atoms with Crippen LogP contribution in [-0.2, 0) is 11.2 Å². The molecule has 2 rings (SSSR count). The number of nitrogens with one attached hydrogen (secondary N) is 2. The third kappa shape index (κ3) is 4.57. The first kappa shape index (κ1) is 16.0. The van der Waals surface area contributed by atoms with E-state index in [1.165, 1.54) is 24.0 Å². The molecular formula is C18H28N2O. The Labute approximate surface area is 128 Å². The number of fused-ring (bicyclic) bond motifs is 1. The van der Waals surface area contributed by atoms with Crippen LogP contribution in [0.15, 0.2) is 18.2 Å². The highest BCUT2D eigenvalue weighted by Gasteiger charge is 2.18. The Hall–Kier alpha value is -1.35. The molecule has 0 aliphatic carbocycles. The van der Waals surface area contributed by atoms with Crippen LogP contribution in [0, 0.1) is 5.92 Å². The van der Waals surface area contributed by atoms with E-state index < -0.39 is 0 Å². The van der Waals surface area contributed by atoms with Gasteiger partial charge in [-0.15, -0.1) is 0 Å². The number of amides is 1. The highest BCUT2D eigenvalue weighted by molar-refractivity contribution is 5.93. The number of hydrogen-bond acceptors (Lipinski definition) is 2. The molecule has 21 heavy (non-hydrogen) atoms. The molecule has 116 valence electrons. The molecule has 1 aliphatic rings. The van der Waals surface area contributed by atoms with Crippen molar-refractivity contribution < 1.29 is 4.79 Å². The van der Waals surface area contributed by atoms with Crippen molar-refractivity contribution in [2.45, 2.75) is 58.9 Å². The van der Waals surface area contributed by atoms with Crippen LogP contribution in [0.4, 0.5) is 5.69 Å². The van der Waals surface area contributed by atoms with E-state index in [2.05, 4.69) is 49.6 Å². The average molecular weight is 288 g/mol. The van der Waals surface area contributed by atoms with Crippen molar-refractivity contribution in [3.8, 4) is 0 Å². The van der Waals surface area contributed by atoms with E-state index in [9.17, 15) is 4.79 Å². The van der Waals surface area contributed by atoms with Crippen molar-refractivity contribution in [2.24, 2.45) is 5.92 Å². The fourth-order valence-corrected chi connectivity index (χ4v) is 2.83. The normalized spacial score (nSPS) is 15.7. The van der Waals surface area contributed by atoms with E-state index >= 15 is 0 Å². The molecule has 3 heteroatoms. The molecule has 0 bridgehead atoms. The third-order valence-corrected chi connectivity index (χ3v) is 4.10. The highest BCUT2D eigenvalue weighted by Crippen LogP contribution is 2.28. The van der Waals surface area contributed by atoms with Crippen molar-refractivity contribution >= 4 is 11.6 Å². The van der Waals surface area contributed by atoms with Crippen LogP contribution < -0.4 is 10.6 Å². The molecule has 1 amide bonds. The van der Waals surface area contributed by atoms with E-state index in [0.29, 0.717) is 12.5 Å². The Bertz CT molecular complexity index is 482. The SMILES string of the molecule is CCCNC(CCC(C)C)c1ccc2c(c1)CCC(=O)N2. The predicted octanol–water partition coefficient (Wildman–Crippen LogP) is 4.05. The van der Waals surface area contributed by atoms with Gasteiger partial charge in [-0.25, -0.2) is 0 Å². The summed E-state index contributed by atoms with van der Waals surface area (Å²) >= 11 is 0. The van der Waals surface area contributed by atoms with Crippen LogP contribution in [0.2, 0.25) is 0 Å². The zero-order chi connectivity index (χ0) is 15.2. The molecule has 1 atom stereocenters. The lowest BCUT2D eigenvalue weighted by molar-refractivity contribution is -0.116. The van der Waals surface area contributed by atoms with Gasteiger partial charge in [-0.2, -0.15) is 0 Å². The maximum atomic E-state index is 11.4. The van der Waals surface area contributed by atoms with Gasteiger partial charge in [0.25, 0.3) is 0 Å². The van der Waals surface area contributed by atoms with E-state index in [1.807, 2.05) is 0 Å². The van der Waals surface area contributed by atoms with Crippen molar-refractivity contribution in [3.63, 3.8) is 0 Å². The largest absolute Gasteiger partial charge is 0.326 e. The van der Waals surface area contributed by atoms with Gasteiger partial charge in [0.15, 0.2) is 0 Å². The number of anilines is 1. The first-order chi connectivity index (χ1) is 10.1. The molecule has 1 unspecified atom stereocenters. The first-order valence-corrected chi connectivity index (χ1v) is 8.26. The summed E-state index contributed by atoms with van der Waals surface area (Å²) in [6.45, 7) is 7.81. The standard InChI is InChI=1S/C18H28N2O/c1-4-11-19-16(8-5-13(2)3)14-6-9-17-15(12-14)7-10-18(21)20-17/h6,9,12-13,16,19H,4-5,7-8,10-11H2,1-3H3,(H,20,21). The maximum Gasteiger partial charge on any atom is 0.224 e. The van der Waals surface area contributed by atoms with E-state index in [-0.39, 0.29) is 5.91 Å². The zero-order valence-electron chi connectivity index (χ0n) is 13.5. The molecular weight excluding hydrogens is 260 g/mol. The minimum Gasteiger partial charge on any atom is -0.326 e. The second-order valence-electron chi connectivity index (χ2n) is 6.44. The summed E-state index contributed by atoms with van der Waals surface area (Å²) in [5, 5.41) is 6.63. The lowest BCUT2D eigenvalue weighted by Gasteiger charge is -2.23.